The van der Waals surface area contributed by atoms with Gasteiger partial charge in [-0.1, -0.05) is 41.9 Å². The number of halogens is 1. The molecule has 0 saturated carbocycles. The van der Waals surface area contributed by atoms with E-state index in [0.29, 0.717) is 25.7 Å². The van der Waals surface area contributed by atoms with Gasteiger partial charge in [-0.25, -0.2) is 4.79 Å². The molecular weight excluding hydrogens is 346 g/mol. The maximum Gasteiger partial charge on any atom is 0.410 e. The molecule has 0 N–H and O–H groups in total. The van der Waals surface area contributed by atoms with Gasteiger partial charge < -0.3 is 14.4 Å². The summed E-state index contributed by atoms with van der Waals surface area (Å²) in [4.78, 5) is 13.9. The monoisotopic (exact) mass is 371 g/mol. The van der Waals surface area contributed by atoms with Crippen LogP contribution in [-0.4, -0.2) is 36.1 Å². The molecule has 0 aliphatic rings. The zero-order valence-electron chi connectivity index (χ0n) is 13.8. The molecule has 0 aromatic heterocycles. The second-order valence-electron chi connectivity index (χ2n) is 5.54. The number of alkyl halides is 1. The highest BCUT2D eigenvalue weighted by Gasteiger charge is 2.21. The lowest BCUT2D eigenvalue weighted by molar-refractivity contribution is 0.0816. The molecule has 1 rings (SSSR count). The minimum atomic E-state index is -0.261. The number of amides is 1. The van der Waals surface area contributed by atoms with Gasteiger partial charge in [0, 0.05) is 11.9 Å². The second-order valence-corrected chi connectivity index (χ2v) is 6.33. The van der Waals surface area contributed by atoms with Crippen LogP contribution in [0.4, 0.5) is 4.79 Å². The molecule has 0 aliphatic heterocycles. The van der Waals surface area contributed by atoms with Gasteiger partial charge in [-0.3, -0.25) is 0 Å². The number of hydrogen-bond acceptors (Lipinski definition) is 3. The zero-order chi connectivity index (χ0) is 16.5. The fourth-order valence-electron chi connectivity index (χ4n) is 2.06. The van der Waals surface area contributed by atoms with Gasteiger partial charge in [0.1, 0.15) is 5.75 Å². The van der Waals surface area contributed by atoms with E-state index < -0.39 is 0 Å². The smallest absolute Gasteiger partial charge is 0.410 e. The first-order chi connectivity index (χ1) is 10.5. The van der Waals surface area contributed by atoms with Gasteiger partial charge in [0.15, 0.2) is 0 Å². The molecule has 1 atom stereocenters. The number of carbonyl (C=O) groups excluding carboxylic acids is 1. The van der Waals surface area contributed by atoms with E-state index in [1.165, 1.54) is 0 Å². The summed E-state index contributed by atoms with van der Waals surface area (Å²) >= 11 is 3.33. The van der Waals surface area contributed by atoms with Crippen LogP contribution in [-0.2, 0) is 4.74 Å². The van der Waals surface area contributed by atoms with Gasteiger partial charge in [0.05, 0.1) is 19.3 Å². The summed E-state index contributed by atoms with van der Waals surface area (Å²) in [6.07, 6.45) is -0.261. The van der Waals surface area contributed by atoms with Crippen molar-refractivity contribution < 1.29 is 14.3 Å². The van der Waals surface area contributed by atoms with Crippen molar-refractivity contribution in [2.24, 2.45) is 5.92 Å². The summed E-state index contributed by atoms with van der Waals surface area (Å²) in [5, 5.41) is 0.802. The summed E-state index contributed by atoms with van der Waals surface area (Å²) in [5.74, 6) is 1.17. The van der Waals surface area contributed by atoms with Crippen molar-refractivity contribution in [2.75, 3.05) is 25.1 Å². The third-order valence-electron chi connectivity index (χ3n) is 3.29. The van der Waals surface area contributed by atoms with Gasteiger partial charge >= 0.3 is 6.09 Å². The maximum absolute atomic E-state index is 12.2. The molecule has 0 radical (unpaired) electrons. The Kier molecular flexibility index (Phi) is 8.31. The third kappa shape index (κ3) is 5.87. The lowest BCUT2D eigenvalue weighted by Crippen LogP contribution is -2.34. The summed E-state index contributed by atoms with van der Waals surface area (Å²) in [6, 6.07) is 7.82. The van der Waals surface area contributed by atoms with Crippen molar-refractivity contribution in [3.05, 3.63) is 29.8 Å². The molecule has 0 fully saturated rings. The molecule has 22 heavy (non-hydrogen) atoms. The Morgan fingerprint density at radius 2 is 1.86 bits per heavy atom. The SMILES string of the molecule is CCN(C(=O)OCC(C)C)[C@@H](C)c1ccc(OCCBr)cc1. The number of carbonyl (C=O) groups is 1. The fraction of sp³-hybridized carbons (Fsp3) is 0.588. The van der Waals surface area contributed by atoms with Gasteiger partial charge in [-0.2, -0.15) is 0 Å². The Bertz CT molecular complexity index is 448. The molecule has 0 aliphatic carbocycles. The lowest BCUT2D eigenvalue weighted by Gasteiger charge is -2.28. The first-order valence-corrected chi connectivity index (χ1v) is 8.83. The molecule has 0 bridgehead atoms. The summed E-state index contributed by atoms with van der Waals surface area (Å²) < 4.78 is 10.9. The Morgan fingerprint density at radius 1 is 1.23 bits per heavy atom. The average molecular weight is 372 g/mol. The van der Waals surface area contributed by atoms with Crippen LogP contribution >= 0.6 is 15.9 Å². The van der Waals surface area contributed by atoms with E-state index in [4.69, 9.17) is 9.47 Å². The standard InChI is InChI=1S/C17H26BrNO3/c1-5-19(17(20)22-12-13(2)3)14(4)15-6-8-16(9-7-15)21-11-10-18/h6-9,13-14H,5,10-12H2,1-4H3/t14-/m0/s1. The summed E-state index contributed by atoms with van der Waals surface area (Å²) in [6.45, 7) is 9.71. The van der Waals surface area contributed by atoms with Crippen LogP contribution in [0.15, 0.2) is 24.3 Å². The van der Waals surface area contributed by atoms with Crippen molar-refractivity contribution in [1.29, 1.82) is 0 Å². The van der Waals surface area contributed by atoms with E-state index in [-0.39, 0.29) is 12.1 Å². The Morgan fingerprint density at radius 3 is 2.36 bits per heavy atom. The molecule has 0 unspecified atom stereocenters. The first kappa shape index (κ1) is 18.8. The van der Waals surface area contributed by atoms with Crippen LogP contribution in [0.1, 0.15) is 39.3 Å². The van der Waals surface area contributed by atoms with Crippen molar-refractivity contribution in [3.8, 4) is 5.75 Å². The molecule has 4 nitrogen and oxygen atoms in total. The molecule has 1 amide bonds. The molecule has 124 valence electrons. The molecule has 1 aromatic rings. The Hall–Kier alpha value is -1.23. The fourth-order valence-corrected chi connectivity index (χ4v) is 2.22. The van der Waals surface area contributed by atoms with Gasteiger partial charge in [-0.05, 0) is 37.5 Å². The summed E-state index contributed by atoms with van der Waals surface area (Å²) in [7, 11) is 0. The van der Waals surface area contributed by atoms with Gasteiger partial charge in [0.2, 0.25) is 0 Å². The van der Waals surface area contributed by atoms with Gasteiger partial charge in [-0.15, -0.1) is 0 Å². The number of ether oxygens (including phenoxy) is 2. The highest BCUT2D eigenvalue weighted by molar-refractivity contribution is 9.09. The van der Waals surface area contributed by atoms with Crippen LogP contribution in [0.25, 0.3) is 0 Å². The number of benzene rings is 1. The highest BCUT2D eigenvalue weighted by Crippen LogP contribution is 2.23. The zero-order valence-corrected chi connectivity index (χ0v) is 15.4. The Labute approximate surface area is 141 Å². The van der Waals surface area contributed by atoms with E-state index in [1.807, 2.05) is 52.0 Å². The first-order valence-electron chi connectivity index (χ1n) is 7.71. The predicted octanol–water partition coefficient (Wildman–Crippen LogP) is 4.64. The number of nitrogens with zero attached hydrogens (tertiary/aromatic N) is 1. The Balaban J connectivity index is 2.70. The predicted molar refractivity (Wildman–Crippen MR) is 92.7 cm³/mol. The third-order valence-corrected chi connectivity index (χ3v) is 3.61. The van der Waals surface area contributed by atoms with Gasteiger partial charge in [0.25, 0.3) is 0 Å². The minimum absolute atomic E-state index is 0.0325. The van der Waals surface area contributed by atoms with E-state index in [0.717, 1.165) is 16.6 Å². The molecular formula is C17H26BrNO3. The van der Waals surface area contributed by atoms with E-state index in [1.54, 1.807) is 4.90 Å². The van der Waals surface area contributed by atoms with Crippen molar-refractivity contribution >= 4 is 22.0 Å². The molecule has 0 spiro atoms. The summed E-state index contributed by atoms with van der Waals surface area (Å²) in [5.41, 5.74) is 1.06. The van der Waals surface area contributed by atoms with Crippen LogP contribution in [0.2, 0.25) is 0 Å². The van der Waals surface area contributed by atoms with Crippen LogP contribution < -0.4 is 4.74 Å². The average Bonchev–Trinajstić information content (AvgIpc) is 2.52. The van der Waals surface area contributed by atoms with Crippen LogP contribution in [0.5, 0.6) is 5.75 Å². The lowest BCUT2D eigenvalue weighted by atomic mass is 10.1. The van der Waals surface area contributed by atoms with E-state index >= 15 is 0 Å². The van der Waals surface area contributed by atoms with Crippen LogP contribution in [0.3, 0.4) is 0 Å². The quantitative estimate of drug-likeness (QED) is 0.625. The largest absolute Gasteiger partial charge is 0.493 e. The van der Waals surface area contributed by atoms with Crippen molar-refractivity contribution in [2.45, 2.75) is 33.7 Å². The molecule has 1 aromatic carbocycles. The van der Waals surface area contributed by atoms with E-state index in [9.17, 15) is 4.79 Å². The minimum Gasteiger partial charge on any atom is -0.493 e. The molecule has 5 heteroatoms. The molecule has 0 heterocycles. The van der Waals surface area contributed by atoms with E-state index in [2.05, 4.69) is 15.9 Å². The highest BCUT2D eigenvalue weighted by atomic mass is 79.9. The van der Waals surface area contributed by atoms with Crippen molar-refractivity contribution in [3.63, 3.8) is 0 Å². The normalized spacial score (nSPS) is 12.1. The topological polar surface area (TPSA) is 38.8 Å². The second kappa shape index (κ2) is 9.72. The van der Waals surface area contributed by atoms with Crippen molar-refractivity contribution in [1.82, 2.24) is 4.90 Å². The van der Waals surface area contributed by atoms with Crippen LogP contribution in [0, 0.1) is 5.92 Å². The number of rotatable bonds is 8. The maximum atomic E-state index is 12.2. The molecule has 0 saturated heterocycles. The number of hydrogen-bond donors (Lipinski definition) is 0.